The van der Waals surface area contributed by atoms with Gasteiger partial charge in [-0.15, -0.1) is 0 Å². The number of ether oxygens (including phenoxy) is 1. The third kappa shape index (κ3) is 5.49. The number of nitrogens with zero attached hydrogens (tertiary/aromatic N) is 2. The number of para-hydroxylation sites is 1. The number of aliphatic hydroxyl groups is 1. The van der Waals surface area contributed by atoms with Gasteiger partial charge in [0.05, 0.1) is 13.2 Å². The van der Waals surface area contributed by atoms with Crippen molar-refractivity contribution < 1.29 is 24.2 Å². The number of hydrogen-bond acceptors (Lipinski definition) is 5. The maximum atomic E-state index is 13.6. The van der Waals surface area contributed by atoms with E-state index in [0.717, 1.165) is 16.8 Å². The average Bonchev–Trinajstić information content (AvgIpc) is 2.91. The van der Waals surface area contributed by atoms with E-state index in [9.17, 15) is 14.4 Å². The first kappa shape index (κ1) is 25.9. The minimum Gasteiger partial charge on any atom is -0.497 e. The predicted octanol–water partition coefficient (Wildman–Crippen LogP) is 3.84. The Morgan fingerprint density at radius 3 is 2.46 bits per heavy atom. The van der Waals surface area contributed by atoms with Crippen LogP contribution < -0.4 is 19.9 Å². The van der Waals surface area contributed by atoms with Gasteiger partial charge in [0.1, 0.15) is 12.4 Å². The van der Waals surface area contributed by atoms with Crippen molar-refractivity contribution in [2.45, 2.75) is 38.9 Å². The highest BCUT2D eigenvalue weighted by Crippen LogP contribution is 2.42. The van der Waals surface area contributed by atoms with Gasteiger partial charge in [-0.25, -0.2) is 0 Å². The molecule has 37 heavy (non-hydrogen) atoms. The molecule has 0 spiro atoms. The highest BCUT2D eigenvalue weighted by Gasteiger charge is 2.38. The Hall–Kier alpha value is -4.17. The number of anilines is 2. The Balaban J connectivity index is 1.69. The number of benzene rings is 3. The van der Waals surface area contributed by atoms with E-state index in [4.69, 9.17) is 9.84 Å². The maximum Gasteiger partial charge on any atom is 0.258 e. The molecule has 0 aliphatic carbocycles. The Morgan fingerprint density at radius 2 is 1.78 bits per heavy atom. The molecular formula is C29H31N3O5. The zero-order chi connectivity index (χ0) is 26.5. The van der Waals surface area contributed by atoms with Gasteiger partial charge in [0.25, 0.3) is 5.91 Å². The van der Waals surface area contributed by atoms with Crippen molar-refractivity contribution in [2.75, 3.05) is 23.5 Å². The van der Waals surface area contributed by atoms with Crippen molar-refractivity contribution >= 4 is 29.1 Å². The molecule has 0 radical (unpaired) electrons. The van der Waals surface area contributed by atoms with E-state index in [1.165, 1.54) is 6.92 Å². The van der Waals surface area contributed by atoms with Gasteiger partial charge < -0.3 is 25.0 Å². The smallest absolute Gasteiger partial charge is 0.258 e. The van der Waals surface area contributed by atoms with Gasteiger partial charge in [-0.05, 0) is 66.9 Å². The van der Waals surface area contributed by atoms with E-state index in [1.54, 1.807) is 41.2 Å². The van der Waals surface area contributed by atoms with E-state index >= 15 is 0 Å². The number of fused-ring (bicyclic) bond motifs is 1. The molecule has 3 amide bonds. The molecule has 0 bridgehead atoms. The normalized spacial score (nSPS) is 16.5. The third-order valence-electron chi connectivity index (χ3n) is 6.59. The second-order valence-corrected chi connectivity index (χ2v) is 9.06. The summed E-state index contributed by atoms with van der Waals surface area (Å²) in [5.41, 5.74) is 3.72. The van der Waals surface area contributed by atoms with E-state index in [0.29, 0.717) is 23.4 Å². The van der Waals surface area contributed by atoms with Crippen LogP contribution in [0.15, 0.2) is 72.8 Å². The SMILES string of the molecule is COc1ccc(C(=O)N2c3ccccc3C(N(C(C)=O)c3cccc(CNC(=O)CO)c3)CC2C)cc1. The summed E-state index contributed by atoms with van der Waals surface area (Å²) in [6.45, 7) is 3.18. The largest absolute Gasteiger partial charge is 0.497 e. The predicted molar refractivity (Wildman–Crippen MR) is 142 cm³/mol. The Labute approximate surface area is 216 Å². The molecular weight excluding hydrogens is 470 g/mol. The van der Waals surface area contributed by atoms with Crippen LogP contribution in [0.2, 0.25) is 0 Å². The van der Waals surface area contributed by atoms with Crippen LogP contribution in [-0.2, 0) is 16.1 Å². The van der Waals surface area contributed by atoms with Gasteiger partial charge in [0.2, 0.25) is 11.8 Å². The molecule has 2 N–H and O–H groups in total. The van der Waals surface area contributed by atoms with Crippen molar-refractivity contribution in [3.05, 3.63) is 89.5 Å². The molecule has 1 aliphatic rings. The molecule has 0 fully saturated rings. The average molecular weight is 502 g/mol. The quantitative estimate of drug-likeness (QED) is 0.513. The van der Waals surface area contributed by atoms with E-state index in [1.807, 2.05) is 55.5 Å². The van der Waals surface area contributed by atoms with Gasteiger partial charge in [-0.1, -0.05) is 30.3 Å². The minimum atomic E-state index is -0.582. The van der Waals surface area contributed by atoms with Gasteiger partial charge in [-0.3, -0.25) is 14.4 Å². The lowest BCUT2D eigenvalue weighted by molar-refractivity contribution is -0.124. The molecule has 1 heterocycles. The molecule has 4 rings (SSSR count). The van der Waals surface area contributed by atoms with Crippen LogP contribution in [0.5, 0.6) is 5.75 Å². The first-order valence-corrected chi connectivity index (χ1v) is 12.2. The molecule has 0 saturated heterocycles. The number of rotatable bonds is 7. The van der Waals surface area contributed by atoms with Gasteiger partial charge in [0, 0.05) is 36.4 Å². The molecule has 8 heteroatoms. The number of amides is 3. The fraction of sp³-hybridized carbons (Fsp3) is 0.276. The van der Waals surface area contributed by atoms with Crippen LogP contribution in [0, 0.1) is 0 Å². The van der Waals surface area contributed by atoms with Gasteiger partial charge in [-0.2, -0.15) is 0 Å². The number of hydrogen-bond donors (Lipinski definition) is 2. The standard InChI is InChI=1S/C29H31N3O5/c1-19-15-27(32(20(2)34)23-8-6-7-21(16-23)17-30-28(35)18-33)25-9-4-5-10-26(25)31(19)29(36)22-11-13-24(37-3)14-12-22/h4-14,16,19,27,33H,15,17-18H2,1-3H3,(H,30,35). The van der Waals surface area contributed by atoms with Crippen LogP contribution in [0.1, 0.15) is 47.8 Å². The maximum absolute atomic E-state index is 13.6. The summed E-state index contributed by atoms with van der Waals surface area (Å²) in [6.07, 6.45) is 0.546. The highest BCUT2D eigenvalue weighted by atomic mass is 16.5. The zero-order valence-corrected chi connectivity index (χ0v) is 21.2. The molecule has 3 aromatic carbocycles. The fourth-order valence-corrected chi connectivity index (χ4v) is 4.86. The topological polar surface area (TPSA) is 99.2 Å². The number of carbonyl (C=O) groups excluding carboxylic acids is 3. The lowest BCUT2D eigenvalue weighted by Crippen LogP contribution is -2.47. The van der Waals surface area contributed by atoms with Crippen LogP contribution in [0.3, 0.4) is 0 Å². The van der Waals surface area contributed by atoms with Crippen LogP contribution in [0.4, 0.5) is 11.4 Å². The van der Waals surface area contributed by atoms with Gasteiger partial charge >= 0.3 is 0 Å². The van der Waals surface area contributed by atoms with Crippen molar-refractivity contribution in [1.29, 1.82) is 0 Å². The van der Waals surface area contributed by atoms with Crippen LogP contribution >= 0.6 is 0 Å². The summed E-state index contributed by atoms with van der Waals surface area (Å²) in [4.78, 5) is 41.7. The summed E-state index contributed by atoms with van der Waals surface area (Å²) >= 11 is 0. The first-order valence-electron chi connectivity index (χ1n) is 12.2. The molecule has 1 aliphatic heterocycles. The summed E-state index contributed by atoms with van der Waals surface area (Å²) in [7, 11) is 1.58. The lowest BCUT2D eigenvalue weighted by Gasteiger charge is -2.43. The Bertz CT molecular complexity index is 1290. The van der Waals surface area contributed by atoms with Crippen LogP contribution in [-0.4, -0.2) is 42.6 Å². The third-order valence-corrected chi connectivity index (χ3v) is 6.59. The van der Waals surface area contributed by atoms with E-state index < -0.39 is 12.5 Å². The van der Waals surface area contributed by atoms with Crippen molar-refractivity contribution in [3.8, 4) is 5.75 Å². The minimum absolute atomic E-state index is 0.114. The highest BCUT2D eigenvalue weighted by molar-refractivity contribution is 6.07. The Kier molecular flexibility index (Phi) is 7.89. The first-order chi connectivity index (χ1) is 17.8. The van der Waals surface area contributed by atoms with Crippen LogP contribution in [0.25, 0.3) is 0 Å². The second kappa shape index (κ2) is 11.3. The lowest BCUT2D eigenvalue weighted by atomic mass is 9.89. The van der Waals surface area contributed by atoms with E-state index in [-0.39, 0.29) is 30.4 Å². The fourth-order valence-electron chi connectivity index (χ4n) is 4.86. The Morgan fingerprint density at radius 1 is 1.05 bits per heavy atom. The molecule has 192 valence electrons. The van der Waals surface area contributed by atoms with Crippen molar-refractivity contribution in [3.63, 3.8) is 0 Å². The molecule has 3 aromatic rings. The van der Waals surface area contributed by atoms with Crippen molar-refractivity contribution in [2.24, 2.45) is 0 Å². The van der Waals surface area contributed by atoms with E-state index in [2.05, 4.69) is 5.32 Å². The molecule has 2 atom stereocenters. The number of methoxy groups -OCH3 is 1. The number of nitrogens with one attached hydrogen (secondary N) is 1. The van der Waals surface area contributed by atoms with Gasteiger partial charge in [0.15, 0.2) is 0 Å². The number of aliphatic hydroxyl groups excluding tert-OH is 1. The summed E-state index contributed by atoms with van der Waals surface area (Å²) < 4.78 is 5.22. The molecule has 0 saturated carbocycles. The summed E-state index contributed by atoms with van der Waals surface area (Å²) in [6, 6.07) is 21.7. The van der Waals surface area contributed by atoms with Crippen molar-refractivity contribution in [1.82, 2.24) is 5.32 Å². The summed E-state index contributed by atoms with van der Waals surface area (Å²) in [5.74, 6) is -0.0278. The zero-order valence-electron chi connectivity index (χ0n) is 21.2. The number of carbonyl (C=O) groups is 3. The molecule has 8 nitrogen and oxygen atoms in total. The second-order valence-electron chi connectivity index (χ2n) is 9.06. The molecule has 2 unspecified atom stereocenters. The monoisotopic (exact) mass is 501 g/mol. The molecule has 0 aromatic heterocycles. The summed E-state index contributed by atoms with van der Waals surface area (Å²) in [5, 5.41) is 11.6.